The zero-order valence-corrected chi connectivity index (χ0v) is 49.8. The molecule has 0 aliphatic rings. The summed E-state index contributed by atoms with van der Waals surface area (Å²) in [5.74, 6) is 0. The molecule has 0 N–H and O–H groups in total. The summed E-state index contributed by atoms with van der Waals surface area (Å²) in [7, 11) is 7.89. The molecule has 0 aliphatic heterocycles. The van der Waals surface area contributed by atoms with Crippen LogP contribution < -0.4 is 20.7 Å². The van der Waals surface area contributed by atoms with Gasteiger partial charge in [0.25, 0.3) is 0 Å². The van der Waals surface area contributed by atoms with E-state index in [0.717, 1.165) is 25.7 Å². The van der Waals surface area contributed by atoms with Gasteiger partial charge in [-0.05, 0) is 47.9 Å². The van der Waals surface area contributed by atoms with Crippen molar-refractivity contribution in [3.8, 4) is 44.5 Å². The molecule has 12 rings (SSSR count). The fraction of sp³-hybridized carbons (Fsp3) is 0.143. The van der Waals surface area contributed by atoms with E-state index in [2.05, 4.69) is 259 Å². The van der Waals surface area contributed by atoms with Crippen LogP contribution in [0.3, 0.4) is 0 Å². The number of hydrogen-bond donors (Lipinski definition) is 0. The molecule has 0 saturated heterocycles. The van der Waals surface area contributed by atoms with Crippen LogP contribution in [0.2, 0.25) is 13.1 Å². The van der Waals surface area contributed by atoms with Gasteiger partial charge in [-0.25, -0.2) is 0 Å². The summed E-state index contributed by atoms with van der Waals surface area (Å²) in [6.45, 7) is 14.3. The normalized spacial score (nSPS) is 11.4. The van der Waals surface area contributed by atoms with Crippen molar-refractivity contribution in [2.45, 2.75) is 66.5 Å². The second-order valence-electron chi connectivity index (χ2n) is 19.4. The molecule has 0 bridgehead atoms. The summed E-state index contributed by atoms with van der Waals surface area (Å²) in [6, 6.07) is 80.9. The molecule has 0 saturated carbocycles. The van der Waals surface area contributed by atoms with E-state index in [-0.39, 0.29) is 0 Å². The van der Waals surface area contributed by atoms with Gasteiger partial charge in [0.15, 0.2) is 0 Å². The van der Waals surface area contributed by atoms with E-state index >= 15 is 0 Å². The van der Waals surface area contributed by atoms with Crippen molar-refractivity contribution in [1.82, 2.24) is 0 Å². The molecular weight excluding hydrogens is 1060 g/mol. The maximum absolute atomic E-state index is 4.93. The van der Waals surface area contributed by atoms with E-state index in [1.165, 1.54) is 110 Å². The number of rotatable bonds is 12. The third-order valence-electron chi connectivity index (χ3n) is 15.4. The second-order valence-corrected chi connectivity index (χ2v) is 27.7. The molecule has 2 radical (unpaired) electrons. The van der Waals surface area contributed by atoms with Crippen LogP contribution in [0.15, 0.2) is 218 Å². The molecule has 12 aromatic rings. The first-order chi connectivity index (χ1) is 36.8. The number of hydrogen-bond acceptors (Lipinski definition) is 0. The van der Waals surface area contributed by atoms with Crippen LogP contribution in [0, 0.1) is 0 Å². The Morgan fingerprint density at radius 1 is 0.307 bits per heavy atom. The zero-order chi connectivity index (χ0) is 52.0. The summed E-state index contributed by atoms with van der Waals surface area (Å²) in [6.07, 6.45) is 4.26. The van der Waals surface area contributed by atoms with Crippen LogP contribution in [0.1, 0.15) is 49.9 Å². The number of fused-ring (bicyclic) bond motifs is 4. The summed E-state index contributed by atoms with van der Waals surface area (Å²) in [4.78, 5) is 0. The van der Waals surface area contributed by atoms with Gasteiger partial charge in [-0.2, -0.15) is 24.3 Å². The molecule has 0 amide bonds. The quantitative estimate of drug-likeness (QED) is 0.0845. The first-order valence-electron chi connectivity index (χ1n) is 26.5. The van der Waals surface area contributed by atoms with Gasteiger partial charge in [-0.1, -0.05) is 209 Å². The minimum absolute atomic E-state index is 0.826. The first-order valence-corrected chi connectivity index (χ1v) is 36.9. The van der Waals surface area contributed by atoms with Gasteiger partial charge in [0.05, 0.1) is 0 Å². The predicted octanol–water partition coefficient (Wildman–Crippen LogP) is 17.6. The summed E-state index contributed by atoms with van der Waals surface area (Å²) >= 11 is -0.826. The number of benzene rings is 8. The van der Waals surface area contributed by atoms with Crippen molar-refractivity contribution in [3.05, 3.63) is 241 Å². The number of aryl methyl sites for hydroxylation is 4. The topological polar surface area (TPSA) is 0 Å². The molecule has 372 valence electrons. The van der Waals surface area contributed by atoms with Crippen LogP contribution in [0.25, 0.3) is 87.6 Å². The maximum atomic E-state index is 4.93. The fourth-order valence-electron chi connectivity index (χ4n) is 12.0. The van der Waals surface area contributed by atoms with Gasteiger partial charge in [-0.15, -0.1) is 135 Å². The first kappa shape index (κ1) is 52.5. The predicted molar refractivity (Wildman–Crippen MR) is 331 cm³/mol. The Labute approximate surface area is 467 Å². The molecule has 0 spiro atoms. The SMILES string of the molecule is CCc1cc2c(-c3ccccc3)cccc2[c-]1[Si](C)[c-]1c(CC)cc2c(-c3ccccc3)cccc21.CCc1cc2c(-c3ccccc3)cccc2[c-]1[Si](C)[c-]1c(CC)cc2c(-c3ccccc3)cccc21.[Cl][Zr][Cl]. The zero-order valence-electron chi connectivity index (χ0n) is 43.9. The standard InChI is InChI=1S/2C35H31Si.2ClH.Zr/c2*1-4-24-22-32-28(26-14-8-6-9-15-26)18-12-20-30(32)34(24)36(3)35-25(5-2)23-33-29(19-13-21-31(33)35)27-16-10-7-11-17-27;;;/h2*6-23H,4-5H2,1-3H3;2*1H;/q2*-2;;;+2/p-2. The molecule has 0 heterocycles. The van der Waals surface area contributed by atoms with Gasteiger partial charge in [0.1, 0.15) is 0 Å². The molecule has 0 aliphatic carbocycles. The van der Waals surface area contributed by atoms with Crippen LogP contribution in [0.5, 0.6) is 0 Å². The van der Waals surface area contributed by atoms with Gasteiger partial charge in [0, 0.05) is 17.6 Å². The Morgan fingerprint density at radius 2 is 0.507 bits per heavy atom. The van der Waals surface area contributed by atoms with Crippen molar-refractivity contribution >= 4 is 98.5 Å². The Kier molecular flexibility index (Phi) is 16.8. The van der Waals surface area contributed by atoms with Gasteiger partial charge < -0.3 is 0 Å². The van der Waals surface area contributed by atoms with E-state index in [1.54, 1.807) is 20.7 Å². The Morgan fingerprint density at radius 3 is 0.693 bits per heavy atom. The average molecular weight is 1120 g/mol. The minimum atomic E-state index is -0.988. The average Bonchev–Trinajstić information content (AvgIpc) is 4.27. The van der Waals surface area contributed by atoms with E-state index in [1.807, 2.05) is 0 Å². The molecule has 75 heavy (non-hydrogen) atoms. The van der Waals surface area contributed by atoms with Crippen molar-refractivity contribution in [2.75, 3.05) is 0 Å². The van der Waals surface area contributed by atoms with Gasteiger partial charge in [-0.3, -0.25) is 0 Å². The van der Waals surface area contributed by atoms with Crippen molar-refractivity contribution in [3.63, 3.8) is 0 Å². The molecule has 0 unspecified atom stereocenters. The molecule has 0 atom stereocenters. The van der Waals surface area contributed by atoms with Crippen LogP contribution in [-0.4, -0.2) is 17.6 Å². The van der Waals surface area contributed by atoms with Gasteiger partial charge >= 0.3 is 37.9 Å². The van der Waals surface area contributed by atoms with Crippen LogP contribution >= 0.6 is 17.0 Å². The van der Waals surface area contributed by atoms with Crippen LogP contribution in [0.4, 0.5) is 0 Å². The number of halogens is 2. The Bertz CT molecular complexity index is 3340. The van der Waals surface area contributed by atoms with Gasteiger partial charge in [0.2, 0.25) is 0 Å². The van der Waals surface area contributed by atoms with E-state index < -0.39 is 38.4 Å². The fourth-order valence-corrected chi connectivity index (χ4v) is 18.0. The third kappa shape index (κ3) is 10.3. The Balaban J connectivity index is 0.000000163. The van der Waals surface area contributed by atoms with Crippen molar-refractivity contribution in [1.29, 1.82) is 0 Å². The third-order valence-corrected chi connectivity index (χ3v) is 20.8. The summed E-state index contributed by atoms with van der Waals surface area (Å²) in [5.41, 5.74) is 16.6. The van der Waals surface area contributed by atoms with Crippen molar-refractivity contribution < 1.29 is 20.8 Å². The van der Waals surface area contributed by atoms with E-state index in [9.17, 15) is 0 Å². The van der Waals surface area contributed by atoms with E-state index in [4.69, 9.17) is 17.0 Å². The molecule has 12 aromatic carbocycles. The molecule has 5 heteroatoms. The van der Waals surface area contributed by atoms with Crippen molar-refractivity contribution in [2.24, 2.45) is 0 Å². The molecular formula is C70H62Cl2Si2Zr-4. The molecule has 0 aromatic heterocycles. The molecule has 0 nitrogen and oxygen atoms in total. The Hall–Kier alpha value is -5.90. The monoisotopic (exact) mass is 1120 g/mol. The summed E-state index contributed by atoms with van der Waals surface area (Å²) < 4.78 is 0. The second kappa shape index (κ2) is 24.0. The molecule has 0 fully saturated rings. The van der Waals surface area contributed by atoms with Crippen LogP contribution in [-0.2, 0) is 46.5 Å². The summed E-state index contributed by atoms with van der Waals surface area (Å²) in [5, 5.41) is 17.8. The van der Waals surface area contributed by atoms with E-state index in [0.29, 0.717) is 0 Å².